The van der Waals surface area contributed by atoms with Crippen molar-refractivity contribution in [1.82, 2.24) is 4.98 Å². The van der Waals surface area contributed by atoms with E-state index in [9.17, 15) is 9.00 Å². The van der Waals surface area contributed by atoms with Crippen molar-refractivity contribution in [2.24, 2.45) is 0 Å². The largest absolute Gasteiger partial charge is 0.488 e. The molecular formula is C15H23NO3S. The van der Waals surface area contributed by atoms with Crippen molar-refractivity contribution >= 4 is 10.8 Å². The molecule has 0 aliphatic heterocycles. The standard InChI is InChI=1S/C15H23NO3S/c1-2-8-19-15-10-16-12(9-14(15)17)11-20(18)13-6-4-3-5-7-13/h9-10,13H,2-8,11H2,1H3,(H,16,17). The molecule has 5 heteroatoms. The van der Waals surface area contributed by atoms with E-state index in [-0.39, 0.29) is 5.43 Å². The molecule has 20 heavy (non-hydrogen) atoms. The van der Waals surface area contributed by atoms with Gasteiger partial charge in [-0.15, -0.1) is 0 Å². The van der Waals surface area contributed by atoms with Crippen LogP contribution in [-0.4, -0.2) is 21.0 Å². The third-order valence-electron chi connectivity index (χ3n) is 3.62. The van der Waals surface area contributed by atoms with Crippen LogP contribution in [0, 0.1) is 0 Å². The first kappa shape index (κ1) is 15.3. The van der Waals surface area contributed by atoms with E-state index in [1.807, 2.05) is 6.92 Å². The summed E-state index contributed by atoms with van der Waals surface area (Å²) in [4.78, 5) is 14.9. The second-order valence-electron chi connectivity index (χ2n) is 5.32. The van der Waals surface area contributed by atoms with Crippen molar-refractivity contribution in [2.45, 2.75) is 56.5 Å². The van der Waals surface area contributed by atoms with Gasteiger partial charge in [-0.1, -0.05) is 26.2 Å². The quantitative estimate of drug-likeness (QED) is 0.878. The van der Waals surface area contributed by atoms with Crippen LogP contribution in [0.1, 0.15) is 51.1 Å². The molecule has 0 aromatic carbocycles. The zero-order valence-corrected chi connectivity index (χ0v) is 12.8. The number of rotatable bonds is 6. The summed E-state index contributed by atoms with van der Waals surface area (Å²) in [7, 11) is -0.889. The first-order valence-electron chi connectivity index (χ1n) is 7.42. The van der Waals surface area contributed by atoms with Gasteiger partial charge in [-0.2, -0.15) is 0 Å². The molecule has 1 atom stereocenters. The highest BCUT2D eigenvalue weighted by Crippen LogP contribution is 2.23. The van der Waals surface area contributed by atoms with Crippen LogP contribution < -0.4 is 10.2 Å². The molecule has 0 radical (unpaired) electrons. The van der Waals surface area contributed by atoms with Gasteiger partial charge in [0.1, 0.15) is 0 Å². The van der Waals surface area contributed by atoms with Crippen LogP contribution in [0.4, 0.5) is 0 Å². The zero-order valence-electron chi connectivity index (χ0n) is 12.0. The van der Waals surface area contributed by atoms with E-state index in [2.05, 4.69) is 4.98 Å². The number of aromatic nitrogens is 1. The minimum atomic E-state index is -0.889. The molecule has 4 nitrogen and oxygen atoms in total. The molecule has 0 saturated heterocycles. The van der Waals surface area contributed by atoms with Gasteiger partial charge in [-0.3, -0.25) is 9.00 Å². The van der Waals surface area contributed by atoms with Crippen molar-refractivity contribution in [3.05, 3.63) is 28.2 Å². The minimum Gasteiger partial charge on any atom is -0.488 e. The molecule has 1 aliphatic carbocycles. The summed E-state index contributed by atoms with van der Waals surface area (Å²) in [6.45, 7) is 2.53. The second kappa shape index (κ2) is 7.62. The summed E-state index contributed by atoms with van der Waals surface area (Å²) in [5.41, 5.74) is 0.607. The number of nitrogens with one attached hydrogen (secondary N) is 1. The Bertz CT molecular complexity index is 506. The topological polar surface area (TPSA) is 59.2 Å². The first-order chi connectivity index (χ1) is 9.70. The summed E-state index contributed by atoms with van der Waals surface area (Å²) in [5.74, 6) is 0.785. The monoisotopic (exact) mass is 297 g/mol. The lowest BCUT2D eigenvalue weighted by Gasteiger charge is -2.20. The van der Waals surface area contributed by atoms with Gasteiger partial charge in [-0.25, -0.2) is 0 Å². The predicted octanol–water partition coefficient (Wildman–Crippen LogP) is 2.75. The van der Waals surface area contributed by atoms with Crippen LogP contribution in [0.15, 0.2) is 17.1 Å². The molecule has 1 aromatic rings. The van der Waals surface area contributed by atoms with Crippen LogP contribution in [0.5, 0.6) is 5.75 Å². The fourth-order valence-electron chi connectivity index (χ4n) is 2.51. The van der Waals surface area contributed by atoms with Gasteiger partial charge in [-0.05, 0) is 19.3 Å². The van der Waals surface area contributed by atoms with E-state index < -0.39 is 10.8 Å². The van der Waals surface area contributed by atoms with Crippen molar-refractivity contribution in [3.63, 3.8) is 0 Å². The number of H-pyrrole nitrogens is 1. The molecular weight excluding hydrogens is 274 g/mol. The van der Waals surface area contributed by atoms with E-state index in [4.69, 9.17) is 4.74 Å². The molecule has 1 heterocycles. The van der Waals surface area contributed by atoms with Gasteiger partial charge in [0, 0.05) is 34.0 Å². The van der Waals surface area contributed by atoms with Gasteiger partial charge in [0.15, 0.2) is 5.75 Å². The Morgan fingerprint density at radius 2 is 2.10 bits per heavy atom. The summed E-state index contributed by atoms with van der Waals surface area (Å²) >= 11 is 0. The number of aromatic amines is 1. The average Bonchev–Trinajstić information content (AvgIpc) is 2.47. The summed E-state index contributed by atoms with van der Waals surface area (Å²) in [6, 6.07) is 1.52. The van der Waals surface area contributed by atoms with E-state index in [0.717, 1.165) is 25.0 Å². The van der Waals surface area contributed by atoms with Crippen LogP contribution in [0.2, 0.25) is 0 Å². The minimum absolute atomic E-state index is 0.132. The van der Waals surface area contributed by atoms with Crippen LogP contribution in [0.25, 0.3) is 0 Å². The van der Waals surface area contributed by atoms with Crippen molar-refractivity contribution in [3.8, 4) is 5.75 Å². The van der Waals surface area contributed by atoms with Crippen molar-refractivity contribution in [2.75, 3.05) is 6.61 Å². The highest BCUT2D eigenvalue weighted by atomic mass is 32.2. The Labute approximate surface area is 122 Å². The van der Waals surface area contributed by atoms with Crippen molar-refractivity contribution in [1.29, 1.82) is 0 Å². The van der Waals surface area contributed by atoms with Gasteiger partial charge in [0.2, 0.25) is 5.43 Å². The maximum absolute atomic E-state index is 12.3. The lowest BCUT2D eigenvalue weighted by Crippen LogP contribution is -2.21. The Hall–Kier alpha value is -1.10. The first-order valence-corrected chi connectivity index (χ1v) is 8.80. The van der Waals surface area contributed by atoms with Gasteiger partial charge in [0.25, 0.3) is 0 Å². The Morgan fingerprint density at radius 1 is 1.35 bits per heavy atom. The van der Waals surface area contributed by atoms with Gasteiger partial charge >= 0.3 is 0 Å². The van der Waals surface area contributed by atoms with Crippen molar-refractivity contribution < 1.29 is 8.95 Å². The smallest absolute Gasteiger partial charge is 0.223 e. The Morgan fingerprint density at radius 3 is 2.75 bits per heavy atom. The van der Waals surface area contributed by atoms with Gasteiger partial charge in [0.05, 0.1) is 12.4 Å². The molecule has 1 aliphatic rings. The maximum atomic E-state index is 12.3. The number of hydrogen-bond donors (Lipinski definition) is 1. The maximum Gasteiger partial charge on any atom is 0.223 e. The van der Waals surface area contributed by atoms with Crippen LogP contribution >= 0.6 is 0 Å². The molecule has 1 N–H and O–H groups in total. The molecule has 1 fully saturated rings. The lowest BCUT2D eigenvalue weighted by atomic mass is 10.0. The second-order valence-corrected chi connectivity index (χ2v) is 7.04. The lowest BCUT2D eigenvalue weighted by molar-refractivity contribution is 0.313. The van der Waals surface area contributed by atoms with E-state index in [0.29, 0.717) is 23.4 Å². The fraction of sp³-hybridized carbons (Fsp3) is 0.667. The molecule has 1 aromatic heterocycles. The fourth-order valence-corrected chi connectivity index (χ4v) is 4.08. The molecule has 2 rings (SSSR count). The van der Waals surface area contributed by atoms with Crippen LogP contribution in [-0.2, 0) is 16.6 Å². The van der Waals surface area contributed by atoms with E-state index in [1.165, 1.54) is 25.3 Å². The van der Waals surface area contributed by atoms with Gasteiger partial charge < -0.3 is 9.72 Å². The normalized spacial score (nSPS) is 17.9. The number of ether oxygens (including phenoxy) is 1. The molecule has 0 spiro atoms. The van der Waals surface area contributed by atoms with Crippen LogP contribution in [0.3, 0.4) is 0 Å². The third kappa shape index (κ3) is 4.20. The summed E-state index contributed by atoms with van der Waals surface area (Å²) in [6.07, 6.45) is 8.17. The highest BCUT2D eigenvalue weighted by molar-refractivity contribution is 7.84. The molecule has 0 bridgehead atoms. The van der Waals surface area contributed by atoms with E-state index >= 15 is 0 Å². The number of pyridine rings is 1. The third-order valence-corrected chi connectivity index (χ3v) is 5.43. The molecule has 1 unspecified atom stereocenters. The summed E-state index contributed by atoms with van der Waals surface area (Å²) in [5, 5.41) is 0.295. The van der Waals surface area contributed by atoms with E-state index in [1.54, 1.807) is 6.20 Å². The number of hydrogen-bond acceptors (Lipinski definition) is 3. The predicted molar refractivity (Wildman–Crippen MR) is 81.6 cm³/mol. The molecule has 1 saturated carbocycles. The highest BCUT2D eigenvalue weighted by Gasteiger charge is 2.20. The molecule has 0 amide bonds. The Balaban J connectivity index is 1.97. The Kier molecular flexibility index (Phi) is 5.83. The summed E-state index contributed by atoms with van der Waals surface area (Å²) < 4.78 is 17.6. The average molecular weight is 297 g/mol. The molecule has 112 valence electrons. The zero-order chi connectivity index (χ0) is 14.4. The SMILES string of the molecule is CCCOc1c[nH]c(CS(=O)C2CCCCC2)cc1=O.